The second-order valence-electron chi connectivity index (χ2n) is 16.7. The van der Waals surface area contributed by atoms with Gasteiger partial charge in [-0.15, -0.1) is 0 Å². The highest BCUT2D eigenvalue weighted by atomic mass is 32.2. The molecule has 1 aliphatic carbocycles. The van der Waals surface area contributed by atoms with Crippen molar-refractivity contribution in [3.05, 3.63) is 87.7 Å². The van der Waals surface area contributed by atoms with Gasteiger partial charge in [0.25, 0.3) is 5.56 Å². The van der Waals surface area contributed by atoms with Crippen molar-refractivity contribution in [1.82, 2.24) is 24.1 Å². The van der Waals surface area contributed by atoms with Crippen molar-refractivity contribution < 1.29 is 35.9 Å². The first kappa shape index (κ1) is 43.1. The highest BCUT2D eigenvalue weighted by Crippen LogP contribution is 2.43. The molecule has 4 N–H and O–H groups in total. The third-order valence-corrected chi connectivity index (χ3v) is 14.6. The molecule has 0 radical (unpaired) electrons. The van der Waals surface area contributed by atoms with Crippen LogP contribution in [0.4, 0.5) is 35.9 Å². The zero-order valence-electron chi connectivity index (χ0n) is 34.3. The third kappa shape index (κ3) is 8.48. The molecule has 2 amide bonds. The van der Waals surface area contributed by atoms with Crippen LogP contribution in [0.15, 0.2) is 53.6 Å². The molecule has 328 valence electrons. The number of hydrogen-bond donors (Lipinski definition) is 4. The van der Waals surface area contributed by atoms with Crippen LogP contribution in [0.25, 0.3) is 10.9 Å². The van der Waals surface area contributed by atoms with Crippen LogP contribution < -0.4 is 26.2 Å². The topological polar surface area (TPSA) is 191 Å². The number of nitriles is 1. The van der Waals surface area contributed by atoms with Crippen molar-refractivity contribution in [2.45, 2.75) is 94.4 Å². The lowest BCUT2D eigenvalue weighted by Crippen LogP contribution is -2.49. The molecule has 4 aromatic rings. The van der Waals surface area contributed by atoms with Crippen LogP contribution in [-0.4, -0.2) is 90.0 Å². The zero-order valence-corrected chi connectivity index (χ0v) is 35.2. The molecule has 3 aromatic carbocycles. The Kier molecular flexibility index (Phi) is 12.0. The maximum atomic E-state index is 16.3. The summed E-state index contributed by atoms with van der Waals surface area (Å²) in [5.74, 6) is -2.88. The number of piperidine rings is 2. The molecule has 1 saturated carbocycles. The summed E-state index contributed by atoms with van der Waals surface area (Å²) in [5, 5.41) is 17.5. The molecule has 3 aliphatic heterocycles. The summed E-state index contributed by atoms with van der Waals surface area (Å²) in [6.45, 7) is 3.58. The number of likely N-dealkylation sites (tertiary alicyclic amines) is 1. The summed E-state index contributed by atoms with van der Waals surface area (Å²) < 4.78 is 83.3. The van der Waals surface area contributed by atoms with E-state index in [9.17, 15) is 28.1 Å². The van der Waals surface area contributed by atoms with E-state index in [1.807, 2.05) is 0 Å². The van der Waals surface area contributed by atoms with Crippen molar-refractivity contribution >= 4 is 55.7 Å². The Bertz CT molecular complexity index is 2620. The van der Waals surface area contributed by atoms with Gasteiger partial charge in [0.1, 0.15) is 34.7 Å². The Hall–Kier alpha value is -5.55. The molecule has 19 heteroatoms. The van der Waals surface area contributed by atoms with Gasteiger partial charge in [0.05, 0.1) is 47.2 Å². The number of aromatic nitrogens is 2. The highest BCUT2D eigenvalue weighted by molar-refractivity contribution is 7.90. The number of amides is 2. The predicted molar refractivity (Wildman–Crippen MR) is 226 cm³/mol. The zero-order chi connectivity index (χ0) is 43.9. The Balaban J connectivity index is 0.894. The highest BCUT2D eigenvalue weighted by Gasteiger charge is 2.45. The minimum absolute atomic E-state index is 0.0811. The molecule has 15 nitrogen and oxygen atoms in total. The molecule has 4 heterocycles. The Labute approximate surface area is 356 Å². The number of ether oxygens (including phenoxy) is 1. The fourth-order valence-electron chi connectivity index (χ4n) is 9.34. The SMILES string of the molecule is CCN(C)S(=O)(=O)Nc1ccc(F)c(Nc2ccc3ncn([C@H]4COC5(CCN(C6CCC(c7ccc(NC8CCC(=O)NC8=O)cc7F)CC6)CC5)C4)c(=O)c3c2F)c1C#N. The van der Waals surface area contributed by atoms with Crippen molar-refractivity contribution in [3.63, 3.8) is 0 Å². The second kappa shape index (κ2) is 17.3. The quantitative estimate of drug-likeness (QED) is 0.134. The normalized spacial score (nSPS) is 23.0. The predicted octanol–water partition coefficient (Wildman–Crippen LogP) is 5.78. The Morgan fingerprint density at radius 3 is 2.42 bits per heavy atom. The summed E-state index contributed by atoms with van der Waals surface area (Å²) >= 11 is 0. The lowest BCUT2D eigenvalue weighted by atomic mass is 9.79. The van der Waals surface area contributed by atoms with Crippen LogP contribution in [-0.2, 0) is 24.5 Å². The second-order valence-corrected chi connectivity index (χ2v) is 18.4. The summed E-state index contributed by atoms with van der Waals surface area (Å²) in [7, 11) is -2.74. The number of imide groups is 1. The van der Waals surface area contributed by atoms with Crippen LogP contribution in [0.1, 0.15) is 87.8 Å². The van der Waals surface area contributed by atoms with Crippen LogP contribution in [0.2, 0.25) is 0 Å². The monoisotopic (exact) mass is 875 g/mol. The van der Waals surface area contributed by atoms with E-state index < -0.39 is 62.2 Å². The Morgan fingerprint density at radius 1 is 0.984 bits per heavy atom. The van der Waals surface area contributed by atoms with Gasteiger partial charge in [-0.1, -0.05) is 13.0 Å². The number of hydrogen-bond acceptors (Lipinski definition) is 11. The molecule has 8 rings (SSSR count). The van der Waals surface area contributed by atoms with Gasteiger partial charge < -0.3 is 20.3 Å². The molecule has 62 heavy (non-hydrogen) atoms. The maximum Gasteiger partial charge on any atom is 0.301 e. The van der Waals surface area contributed by atoms with E-state index in [1.54, 1.807) is 25.1 Å². The summed E-state index contributed by atoms with van der Waals surface area (Å²) in [4.78, 5) is 44.4. The van der Waals surface area contributed by atoms with E-state index >= 15 is 13.2 Å². The molecular weight excluding hydrogens is 828 g/mol. The van der Waals surface area contributed by atoms with E-state index in [2.05, 4.69) is 30.6 Å². The molecular formula is C43H48F3N9O6S. The summed E-state index contributed by atoms with van der Waals surface area (Å²) in [6.07, 6.45) is 7.52. The largest absolute Gasteiger partial charge is 0.374 e. The minimum Gasteiger partial charge on any atom is -0.374 e. The van der Waals surface area contributed by atoms with Gasteiger partial charge in [0, 0.05) is 44.8 Å². The molecule has 4 fully saturated rings. The standard InChI is InChI=1S/C43H48F3N9O6S/c1-3-53(2)62(59,60)52-33-11-10-31(44)40(30(33)22-47)50-35-13-12-34-38(39(35)46)42(58)55(24-48-34)28-21-43(61-23-28)16-18-54(19-17-43)27-7-4-25(5-8-27)29-9-6-26(20-32(29)45)49-36-14-15-37(56)51-41(36)57/h6,9-13,20,24-25,27-28,36,49-50,52H,3-5,7-8,14-19,21,23H2,1-2H3,(H,51,56,57)/t25?,27?,28-,36?/m1/s1. The molecule has 0 bridgehead atoms. The average molecular weight is 876 g/mol. The third-order valence-electron chi connectivity index (χ3n) is 13.0. The average Bonchev–Trinajstić information content (AvgIpc) is 3.66. The van der Waals surface area contributed by atoms with Gasteiger partial charge in [-0.2, -0.15) is 18.0 Å². The van der Waals surface area contributed by atoms with Gasteiger partial charge >= 0.3 is 10.2 Å². The summed E-state index contributed by atoms with van der Waals surface area (Å²) in [6, 6.07) is 10.9. The van der Waals surface area contributed by atoms with Gasteiger partial charge in [-0.05, 0) is 99.2 Å². The van der Waals surface area contributed by atoms with Gasteiger partial charge in [-0.3, -0.25) is 29.0 Å². The number of nitrogens with one attached hydrogen (secondary N) is 4. The lowest BCUT2D eigenvalue weighted by molar-refractivity contribution is -0.133. The number of nitrogens with zero attached hydrogens (tertiary/aromatic N) is 5. The minimum atomic E-state index is -4.07. The van der Waals surface area contributed by atoms with Crippen LogP contribution in [0.3, 0.4) is 0 Å². The van der Waals surface area contributed by atoms with Gasteiger partial charge in [-0.25, -0.2) is 18.2 Å². The molecule has 1 aromatic heterocycles. The Morgan fingerprint density at radius 2 is 1.73 bits per heavy atom. The van der Waals surface area contributed by atoms with Crippen LogP contribution in [0, 0.1) is 28.8 Å². The molecule has 1 spiro atoms. The molecule has 2 atom stereocenters. The van der Waals surface area contributed by atoms with E-state index in [0.29, 0.717) is 30.1 Å². The van der Waals surface area contributed by atoms with Crippen LogP contribution >= 0.6 is 0 Å². The molecule has 1 unspecified atom stereocenters. The lowest BCUT2D eigenvalue weighted by Gasteiger charge is -2.44. The number of fused-ring (bicyclic) bond motifs is 1. The number of carbonyl (C=O) groups is 2. The van der Waals surface area contributed by atoms with Crippen molar-refractivity contribution in [3.8, 4) is 6.07 Å². The first-order valence-corrected chi connectivity index (χ1v) is 22.3. The van der Waals surface area contributed by atoms with E-state index in [1.165, 1.54) is 36.1 Å². The number of anilines is 4. The van der Waals surface area contributed by atoms with E-state index in [4.69, 9.17) is 4.74 Å². The number of rotatable bonds is 11. The van der Waals surface area contributed by atoms with Crippen molar-refractivity contribution in [2.75, 3.05) is 48.6 Å². The molecule has 4 aliphatic rings. The fraction of sp³-hybridized carbons (Fsp3) is 0.465. The van der Waals surface area contributed by atoms with E-state index in [-0.39, 0.29) is 59.5 Å². The van der Waals surface area contributed by atoms with Crippen molar-refractivity contribution in [2.24, 2.45) is 0 Å². The number of halogens is 3. The van der Waals surface area contributed by atoms with E-state index in [0.717, 1.165) is 68.1 Å². The first-order valence-electron chi connectivity index (χ1n) is 20.9. The van der Waals surface area contributed by atoms with Gasteiger partial charge in [0.15, 0.2) is 5.82 Å². The van der Waals surface area contributed by atoms with Crippen molar-refractivity contribution in [1.29, 1.82) is 5.26 Å². The fourth-order valence-corrected chi connectivity index (χ4v) is 10.3. The smallest absolute Gasteiger partial charge is 0.301 e. The number of benzene rings is 3. The number of carbonyl (C=O) groups excluding carboxylic acids is 2. The first-order chi connectivity index (χ1) is 29.7. The molecule has 3 saturated heterocycles. The van der Waals surface area contributed by atoms with Gasteiger partial charge in [0.2, 0.25) is 11.8 Å². The summed E-state index contributed by atoms with van der Waals surface area (Å²) in [5.41, 5.74) is -1.26. The van der Waals surface area contributed by atoms with Crippen LogP contribution in [0.5, 0.6) is 0 Å². The maximum absolute atomic E-state index is 16.3.